The van der Waals surface area contributed by atoms with Gasteiger partial charge in [0.2, 0.25) is 0 Å². The van der Waals surface area contributed by atoms with E-state index in [4.69, 9.17) is 4.74 Å². The Morgan fingerprint density at radius 3 is 2.38 bits per heavy atom. The standard InChI is InChI=1S/C25H28N2O5/c1-4-16-32-20-12-8-18(9-13-20)23(29)21-22(17-6-10-19(28)11-7-17)27(25(31)24(21)30)15-5-14-26(2)3/h4,6-13,22,28-29H,1,5,14-16H2,2-3H3/b23-21+. The molecule has 1 heterocycles. The zero-order chi connectivity index (χ0) is 23.3. The molecule has 0 bridgehead atoms. The van der Waals surface area contributed by atoms with Crippen LogP contribution in [0.2, 0.25) is 0 Å². The first-order chi connectivity index (χ1) is 15.3. The Hall–Kier alpha value is -3.58. The third-order valence-electron chi connectivity index (χ3n) is 5.25. The number of nitrogens with zero attached hydrogens (tertiary/aromatic N) is 2. The number of ketones is 1. The van der Waals surface area contributed by atoms with Crippen molar-refractivity contribution in [2.45, 2.75) is 12.5 Å². The first-order valence-electron chi connectivity index (χ1n) is 10.4. The average Bonchev–Trinajstić information content (AvgIpc) is 3.03. The van der Waals surface area contributed by atoms with Crippen LogP contribution in [0.3, 0.4) is 0 Å². The highest BCUT2D eigenvalue weighted by molar-refractivity contribution is 6.46. The Bertz CT molecular complexity index is 1010. The molecule has 0 radical (unpaired) electrons. The molecule has 2 aromatic rings. The van der Waals surface area contributed by atoms with Crippen LogP contribution in [0, 0.1) is 0 Å². The van der Waals surface area contributed by atoms with Gasteiger partial charge in [0.1, 0.15) is 23.9 Å². The molecular weight excluding hydrogens is 408 g/mol. The quantitative estimate of drug-likeness (QED) is 0.271. The molecule has 32 heavy (non-hydrogen) atoms. The Balaban J connectivity index is 2.02. The molecule has 2 aromatic carbocycles. The van der Waals surface area contributed by atoms with Crippen LogP contribution in [0.5, 0.6) is 11.5 Å². The number of phenols is 1. The van der Waals surface area contributed by atoms with E-state index in [0.29, 0.717) is 36.4 Å². The fourth-order valence-electron chi connectivity index (χ4n) is 3.69. The first-order valence-corrected chi connectivity index (χ1v) is 10.4. The van der Waals surface area contributed by atoms with Crippen LogP contribution >= 0.6 is 0 Å². The molecule has 2 N–H and O–H groups in total. The van der Waals surface area contributed by atoms with E-state index in [1.807, 2.05) is 19.0 Å². The van der Waals surface area contributed by atoms with Crippen LogP contribution in [0.4, 0.5) is 0 Å². The van der Waals surface area contributed by atoms with Crippen molar-refractivity contribution in [1.29, 1.82) is 0 Å². The summed E-state index contributed by atoms with van der Waals surface area (Å²) in [6.45, 7) is 5.06. The van der Waals surface area contributed by atoms with Gasteiger partial charge in [0.05, 0.1) is 11.6 Å². The van der Waals surface area contributed by atoms with E-state index in [1.54, 1.807) is 42.5 Å². The summed E-state index contributed by atoms with van der Waals surface area (Å²) in [6.07, 6.45) is 2.30. The van der Waals surface area contributed by atoms with E-state index in [1.165, 1.54) is 17.0 Å². The van der Waals surface area contributed by atoms with Crippen molar-refractivity contribution in [2.75, 3.05) is 33.8 Å². The van der Waals surface area contributed by atoms with Gasteiger partial charge in [0.15, 0.2) is 0 Å². The molecule has 1 aliphatic heterocycles. The number of likely N-dealkylation sites (tertiary alicyclic amines) is 1. The lowest BCUT2D eigenvalue weighted by molar-refractivity contribution is -0.139. The lowest BCUT2D eigenvalue weighted by Crippen LogP contribution is -2.32. The SMILES string of the molecule is C=CCOc1ccc(/C(O)=C2\C(=O)C(=O)N(CCCN(C)C)C2c2ccc(O)cc2)cc1. The maximum atomic E-state index is 13.0. The van der Waals surface area contributed by atoms with Crippen molar-refractivity contribution in [3.05, 3.63) is 77.9 Å². The Kier molecular flexibility index (Phi) is 7.33. The first kappa shape index (κ1) is 23.1. The van der Waals surface area contributed by atoms with Crippen LogP contribution in [0.25, 0.3) is 5.76 Å². The van der Waals surface area contributed by atoms with Gasteiger partial charge in [-0.2, -0.15) is 0 Å². The number of hydrogen-bond acceptors (Lipinski definition) is 6. The molecule has 1 unspecified atom stereocenters. The number of phenolic OH excluding ortho intramolecular Hbond substituents is 1. The Morgan fingerprint density at radius 2 is 1.78 bits per heavy atom. The summed E-state index contributed by atoms with van der Waals surface area (Å²) in [5.41, 5.74) is 1.08. The van der Waals surface area contributed by atoms with E-state index in [2.05, 4.69) is 6.58 Å². The predicted octanol–water partition coefficient (Wildman–Crippen LogP) is 3.33. The van der Waals surface area contributed by atoms with Crippen molar-refractivity contribution in [2.24, 2.45) is 0 Å². The molecular formula is C25H28N2O5. The summed E-state index contributed by atoms with van der Waals surface area (Å²) in [5.74, 6) is -0.937. The number of benzene rings is 2. The summed E-state index contributed by atoms with van der Waals surface area (Å²) in [4.78, 5) is 29.4. The van der Waals surface area contributed by atoms with Crippen molar-refractivity contribution in [3.63, 3.8) is 0 Å². The highest BCUT2D eigenvalue weighted by atomic mass is 16.5. The summed E-state index contributed by atoms with van der Waals surface area (Å²) in [5, 5.41) is 20.7. The van der Waals surface area contributed by atoms with Gasteiger partial charge in [0, 0.05) is 12.1 Å². The molecule has 0 aromatic heterocycles. The maximum Gasteiger partial charge on any atom is 0.295 e. The number of hydrogen-bond donors (Lipinski definition) is 2. The third kappa shape index (κ3) is 5.00. The van der Waals surface area contributed by atoms with Crippen LogP contribution in [-0.4, -0.2) is 65.5 Å². The summed E-state index contributed by atoms with van der Waals surface area (Å²) < 4.78 is 5.46. The molecule has 1 saturated heterocycles. The van der Waals surface area contributed by atoms with Crippen LogP contribution in [-0.2, 0) is 9.59 Å². The molecule has 1 atom stereocenters. The minimum absolute atomic E-state index is 0.0327. The lowest BCUT2D eigenvalue weighted by atomic mass is 9.95. The van der Waals surface area contributed by atoms with Gasteiger partial charge in [-0.1, -0.05) is 24.8 Å². The van der Waals surface area contributed by atoms with Crippen LogP contribution in [0.15, 0.2) is 66.8 Å². The van der Waals surface area contributed by atoms with E-state index >= 15 is 0 Å². The van der Waals surface area contributed by atoms with Gasteiger partial charge in [-0.3, -0.25) is 9.59 Å². The summed E-state index contributed by atoms with van der Waals surface area (Å²) in [6, 6.07) is 12.2. The predicted molar refractivity (Wildman–Crippen MR) is 122 cm³/mol. The Morgan fingerprint density at radius 1 is 1.12 bits per heavy atom. The highest BCUT2D eigenvalue weighted by Gasteiger charge is 2.45. The second kappa shape index (κ2) is 10.2. The van der Waals surface area contributed by atoms with Crippen molar-refractivity contribution in [3.8, 4) is 11.5 Å². The number of carbonyl (C=O) groups is 2. The smallest absolute Gasteiger partial charge is 0.295 e. The molecule has 7 heteroatoms. The zero-order valence-corrected chi connectivity index (χ0v) is 18.3. The summed E-state index contributed by atoms with van der Waals surface area (Å²) >= 11 is 0. The average molecular weight is 437 g/mol. The second-order valence-corrected chi connectivity index (χ2v) is 7.86. The van der Waals surface area contributed by atoms with Gasteiger partial charge in [-0.25, -0.2) is 0 Å². The number of aromatic hydroxyl groups is 1. The van der Waals surface area contributed by atoms with E-state index in [-0.39, 0.29) is 17.1 Å². The largest absolute Gasteiger partial charge is 0.508 e. The van der Waals surface area contributed by atoms with E-state index < -0.39 is 17.7 Å². The van der Waals surface area contributed by atoms with Crippen molar-refractivity contribution in [1.82, 2.24) is 9.80 Å². The molecule has 1 fully saturated rings. The molecule has 1 aliphatic rings. The minimum Gasteiger partial charge on any atom is -0.508 e. The monoisotopic (exact) mass is 436 g/mol. The number of ether oxygens (including phenoxy) is 1. The van der Waals surface area contributed by atoms with Crippen LogP contribution < -0.4 is 4.74 Å². The number of carbonyl (C=O) groups excluding carboxylic acids is 2. The van der Waals surface area contributed by atoms with Gasteiger partial charge in [-0.05, 0) is 69.0 Å². The molecule has 3 rings (SSSR count). The van der Waals surface area contributed by atoms with E-state index in [9.17, 15) is 19.8 Å². The minimum atomic E-state index is -0.741. The van der Waals surface area contributed by atoms with Crippen molar-refractivity contribution < 1.29 is 24.5 Å². The van der Waals surface area contributed by atoms with Gasteiger partial charge in [0.25, 0.3) is 11.7 Å². The normalized spacial score (nSPS) is 17.7. The molecule has 168 valence electrons. The highest BCUT2D eigenvalue weighted by Crippen LogP contribution is 2.40. The third-order valence-corrected chi connectivity index (χ3v) is 5.25. The molecule has 7 nitrogen and oxygen atoms in total. The number of rotatable bonds is 9. The van der Waals surface area contributed by atoms with Gasteiger partial charge in [-0.15, -0.1) is 0 Å². The maximum absolute atomic E-state index is 13.0. The fourth-order valence-corrected chi connectivity index (χ4v) is 3.69. The van der Waals surface area contributed by atoms with Crippen molar-refractivity contribution >= 4 is 17.4 Å². The Labute approximate surface area is 187 Å². The lowest BCUT2D eigenvalue weighted by Gasteiger charge is -2.26. The number of amides is 1. The molecule has 0 saturated carbocycles. The molecule has 0 spiro atoms. The van der Waals surface area contributed by atoms with Gasteiger partial charge >= 0.3 is 0 Å². The number of aliphatic hydroxyl groups excluding tert-OH is 1. The van der Waals surface area contributed by atoms with Crippen LogP contribution in [0.1, 0.15) is 23.6 Å². The number of Topliss-reactive ketones (excluding diaryl/α,β-unsaturated/α-hetero) is 1. The number of aliphatic hydroxyl groups is 1. The second-order valence-electron chi connectivity index (χ2n) is 7.86. The summed E-state index contributed by atoms with van der Waals surface area (Å²) in [7, 11) is 3.88. The van der Waals surface area contributed by atoms with Gasteiger partial charge < -0.3 is 24.7 Å². The van der Waals surface area contributed by atoms with E-state index in [0.717, 1.165) is 6.54 Å². The molecule has 0 aliphatic carbocycles. The topological polar surface area (TPSA) is 90.3 Å². The molecule has 1 amide bonds. The fraction of sp³-hybridized carbons (Fsp3) is 0.280. The zero-order valence-electron chi connectivity index (χ0n) is 18.3.